The van der Waals surface area contributed by atoms with Crippen LogP contribution in [0.5, 0.6) is 0 Å². The number of carboxylic acid groups (broad SMARTS) is 1. The molecule has 0 aliphatic carbocycles. The summed E-state index contributed by atoms with van der Waals surface area (Å²) in [5, 5.41) is 18.2. The number of aliphatic carboxylic acids is 1. The van der Waals surface area contributed by atoms with Crippen LogP contribution in [0.3, 0.4) is 0 Å². The van der Waals surface area contributed by atoms with Gasteiger partial charge in [0, 0.05) is 31.6 Å². The summed E-state index contributed by atoms with van der Waals surface area (Å²) < 4.78 is 1.62. The minimum Gasteiger partial charge on any atom is -0.480 e. The van der Waals surface area contributed by atoms with Gasteiger partial charge in [-0.15, -0.1) is 0 Å². The van der Waals surface area contributed by atoms with Gasteiger partial charge < -0.3 is 20.7 Å². The first-order valence-corrected chi connectivity index (χ1v) is 6.27. The van der Waals surface area contributed by atoms with Gasteiger partial charge in [0.15, 0.2) is 0 Å². The second-order valence-corrected chi connectivity index (χ2v) is 4.48. The number of hydrogen-bond donors (Lipinski definition) is 4. The fourth-order valence-corrected chi connectivity index (χ4v) is 1.75. The van der Waals surface area contributed by atoms with E-state index in [0.717, 1.165) is 0 Å². The molecule has 2 aromatic rings. The number of nitrogens with one attached hydrogen (secondary N) is 3. The van der Waals surface area contributed by atoms with Crippen molar-refractivity contribution < 1.29 is 14.7 Å². The van der Waals surface area contributed by atoms with Crippen LogP contribution in [0.2, 0.25) is 0 Å². The lowest BCUT2D eigenvalue weighted by Gasteiger charge is -2.14. The molecule has 0 saturated carbocycles. The van der Waals surface area contributed by atoms with Crippen molar-refractivity contribution in [3.8, 4) is 0 Å². The van der Waals surface area contributed by atoms with Gasteiger partial charge >= 0.3 is 12.0 Å². The van der Waals surface area contributed by atoms with Gasteiger partial charge in [-0.25, -0.2) is 14.6 Å². The summed E-state index contributed by atoms with van der Waals surface area (Å²) >= 11 is 0. The van der Waals surface area contributed by atoms with Gasteiger partial charge in [0.1, 0.15) is 6.04 Å². The normalized spacial score (nSPS) is 11.9. The number of rotatable bonds is 6. The van der Waals surface area contributed by atoms with Crippen molar-refractivity contribution in [1.29, 1.82) is 0 Å². The molecule has 0 bridgehead atoms. The van der Waals surface area contributed by atoms with Crippen LogP contribution in [-0.4, -0.2) is 42.9 Å². The number of carbonyl (C=O) groups excluding carboxylic acids is 1. The van der Waals surface area contributed by atoms with Crippen LogP contribution >= 0.6 is 0 Å². The molecule has 0 aliphatic heterocycles. The number of urea groups is 1. The van der Waals surface area contributed by atoms with Crippen LogP contribution in [0.15, 0.2) is 24.8 Å². The first-order valence-electron chi connectivity index (χ1n) is 6.27. The minimum absolute atomic E-state index is 0.131. The molecule has 1 atom stereocenters. The molecule has 0 fully saturated rings. The Hall–Kier alpha value is -2.84. The average molecular weight is 292 g/mol. The van der Waals surface area contributed by atoms with E-state index in [1.54, 1.807) is 24.0 Å². The highest BCUT2D eigenvalue weighted by Crippen LogP contribution is 1.99. The number of H-pyrrole nitrogens is 1. The summed E-state index contributed by atoms with van der Waals surface area (Å²) in [5.74, 6) is -1.11. The lowest BCUT2D eigenvalue weighted by Crippen LogP contribution is -2.47. The van der Waals surface area contributed by atoms with Crippen molar-refractivity contribution in [3.63, 3.8) is 0 Å². The first kappa shape index (κ1) is 14.6. The fourth-order valence-electron chi connectivity index (χ4n) is 1.75. The maximum Gasteiger partial charge on any atom is 0.326 e. The van der Waals surface area contributed by atoms with E-state index in [0.29, 0.717) is 11.4 Å². The number of hydrogen-bond acceptors (Lipinski definition) is 4. The lowest BCUT2D eigenvalue weighted by atomic mass is 10.2. The number of aromatic amines is 1. The number of imidazole rings is 1. The van der Waals surface area contributed by atoms with Gasteiger partial charge in [-0.3, -0.25) is 4.68 Å². The van der Waals surface area contributed by atoms with Crippen LogP contribution in [-0.2, 0) is 24.8 Å². The zero-order valence-electron chi connectivity index (χ0n) is 11.4. The quantitative estimate of drug-likeness (QED) is 0.578. The molecule has 2 aromatic heterocycles. The highest BCUT2D eigenvalue weighted by Gasteiger charge is 2.20. The Morgan fingerprint density at radius 1 is 1.52 bits per heavy atom. The predicted octanol–water partition coefficient (Wildman–Crippen LogP) is -0.362. The van der Waals surface area contributed by atoms with Crippen molar-refractivity contribution in [2.75, 3.05) is 0 Å². The van der Waals surface area contributed by atoms with Crippen LogP contribution in [0, 0.1) is 0 Å². The Kier molecular flexibility index (Phi) is 4.54. The van der Waals surface area contributed by atoms with Gasteiger partial charge in [0.05, 0.1) is 18.6 Å². The molecule has 0 spiro atoms. The Morgan fingerprint density at radius 3 is 2.90 bits per heavy atom. The highest BCUT2D eigenvalue weighted by atomic mass is 16.4. The van der Waals surface area contributed by atoms with Crippen LogP contribution in [0.4, 0.5) is 4.79 Å². The SMILES string of the molecule is Cn1ccc(CNC(=O)N[C@H](Cc2cnc[nH]2)C(=O)O)n1. The van der Waals surface area contributed by atoms with Crippen molar-refractivity contribution in [2.45, 2.75) is 19.0 Å². The van der Waals surface area contributed by atoms with Gasteiger partial charge in [-0.05, 0) is 6.07 Å². The van der Waals surface area contributed by atoms with E-state index < -0.39 is 18.0 Å². The molecular formula is C12H16N6O3. The molecule has 0 unspecified atom stereocenters. The van der Waals surface area contributed by atoms with Gasteiger partial charge in [0.2, 0.25) is 0 Å². The summed E-state index contributed by atoms with van der Waals surface area (Å²) in [5.41, 5.74) is 1.32. The summed E-state index contributed by atoms with van der Waals surface area (Å²) in [7, 11) is 1.77. The Labute approximate surface area is 120 Å². The zero-order chi connectivity index (χ0) is 15.2. The van der Waals surface area contributed by atoms with Gasteiger partial charge in [0.25, 0.3) is 0 Å². The van der Waals surface area contributed by atoms with Crippen molar-refractivity contribution in [2.24, 2.45) is 7.05 Å². The van der Waals surface area contributed by atoms with Gasteiger partial charge in [-0.1, -0.05) is 0 Å². The van der Waals surface area contributed by atoms with E-state index in [2.05, 4.69) is 25.7 Å². The first-order chi connectivity index (χ1) is 10.0. The predicted molar refractivity (Wildman–Crippen MR) is 72.3 cm³/mol. The van der Waals surface area contributed by atoms with Crippen LogP contribution in [0.1, 0.15) is 11.4 Å². The van der Waals surface area contributed by atoms with Crippen molar-refractivity contribution in [1.82, 2.24) is 30.4 Å². The van der Waals surface area contributed by atoms with Crippen molar-refractivity contribution in [3.05, 3.63) is 36.2 Å². The lowest BCUT2D eigenvalue weighted by molar-refractivity contribution is -0.139. The standard InChI is InChI=1S/C12H16N6O3/c1-18-3-2-8(17-18)6-14-12(21)16-10(11(19)20)4-9-5-13-7-15-9/h2-3,5,7,10H,4,6H2,1H3,(H,13,15)(H,19,20)(H2,14,16,21)/t10-/m1/s1. The topological polar surface area (TPSA) is 125 Å². The van der Waals surface area contributed by atoms with E-state index in [1.165, 1.54) is 12.5 Å². The molecule has 9 nitrogen and oxygen atoms in total. The number of carbonyl (C=O) groups is 2. The molecule has 9 heteroatoms. The van der Waals surface area contributed by atoms with Crippen LogP contribution < -0.4 is 10.6 Å². The Morgan fingerprint density at radius 2 is 2.33 bits per heavy atom. The number of aryl methyl sites for hydroxylation is 1. The number of nitrogens with zero attached hydrogens (tertiary/aromatic N) is 3. The molecule has 2 heterocycles. The highest BCUT2D eigenvalue weighted by molar-refractivity contribution is 5.82. The van der Waals surface area contributed by atoms with Crippen LogP contribution in [0.25, 0.3) is 0 Å². The summed E-state index contributed by atoms with van der Waals surface area (Å²) in [6.45, 7) is 0.225. The molecule has 2 amide bonds. The van der Waals surface area contributed by atoms with E-state index in [1.807, 2.05) is 0 Å². The Bertz CT molecular complexity index is 606. The maximum absolute atomic E-state index is 11.7. The third kappa shape index (κ3) is 4.34. The van der Waals surface area contributed by atoms with Crippen molar-refractivity contribution >= 4 is 12.0 Å². The molecule has 0 radical (unpaired) electrons. The largest absolute Gasteiger partial charge is 0.480 e. The molecule has 0 aliphatic rings. The second-order valence-electron chi connectivity index (χ2n) is 4.48. The molecule has 21 heavy (non-hydrogen) atoms. The number of amides is 2. The smallest absolute Gasteiger partial charge is 0.326 e. The molecule has 0 saturated heterocycles. The molecule has 4 N–H and O–H groups in total. The number of carboxylic acids is 1. The monoisotopic (exact) mass is 292 g/mol. The second kappa shape index (κ2) is 6.55. The van der Waals surface area contributed by atoms with E-state index in [4.69, 9.17) is 5.11 Å². The van der Waals surface area contributed by atoms with E-state index in [9.17, 15) is 9.59 Å². The molecule has 112 valence electrons. The Balaban J connectivity index is 1.84. The number of aromatic nitrogens is 4. The summed E-state index contributed by atoms with van der Waals surface area (Å²) in [6, 6.07) is 0.168. The maximum atomic E-state index is 11.7. The third-order valence-electron chi connectivity index (χ3n) is 2.78. The summed E-state index contributed by atoms with van der Waals surface area (Å²) in [6.07, 6.45) is 4.86. The molecular weight excluding hydrogens is 276 g/mol. The van der Waals surface area contributed by atoms with Gasteiger partial charge in [-0.2, -0.15) is 5.10 Å². The third-order valence-corrected chi connectivity index (χ3v) is 2.78. The minimum atomic E-state index is -1.11. The van der Waals surface area contributed by atoms with E-state index in [-0.39, 0.29) is 13.0 Å². The zero-order valence-corrected chi connectivity index (χ0v) is 11.4. The average Bonchev–Trinajstić information content (AvgIpc) is 3.07. The molecule has 0 aromatic carbocycles. The summed E-state index contributed by atoms with van der Waals surface area (Å²) in [4.78, 5) is 29.5. The fraction of sp³-hybridized carbons (Fsp3) is 0.333. The molecule has 2 rings (SSSR count). The van der Waals surface area contributed by atoms with E-state index >= 15 is 0 Å².